The quantitative estimate of drug-likeness (QED) is 0.838. The van der Waals surface area contributed by atoms with Gasteiger partial charge < -0.3 is 0 Å². The minimum absolute atomic E-state index is 0.168. The summed E-state index contributed by atoms with van der Waals surface area (Å²) in [4.78, 5) is 0. The van der Waals surface area contributed by atoms with Gasteiger partial charge >= 0.3 is 0 Å². The Morgan fingerprint density at radius 2 is 1.88 bits per heavy atom. The molecule has 0 aromatic carbocycles. The highest BCUT2D eigenvalue weighted by Crippen LogP contribution is 2.26. The maximum Gasteiger partial charge on any atom is 0.213 e. The predicted octanol–water partition coefficient (Wildman–Crippen LogP) is 2.03. The van der Waals surface area contributed by atoms with E-state index in [0.717, 1.165) is 25.7 Å². The monoisotopic (exact) mass is 258 g/mol. The van der Waals surface area contributed by atoms with Crippen molar-refractivity contribution in [2.45, 2.75) is 52.5 Å². The minimum Gasteiger partial charge on any atom is -0.212 e. The van der Waals surface area contributed by atoms with E-state index in [0.29, 0.717) is 0 Å². The van der Waals surface area contributed by atoms with E-state index in [-0.39, 0.29) is 17.1 Å². The van der Waals surface area contributed by atoms with Crippen LogP contribution in [0.5, 0.6) is 0 Å². The van der Waals surface area contributed by atoms with Crippen LogP contribution in [0.15, 0.2) is 0 Å². The summed E-state index contributed by atoms with van der Waals surface area (Å²) in [6, 6.07) is 1.37. The van der Waals surface area contributed by atoms with Crippen LogP contribution in [0.2, 0.25) is 0 Å². The third-order valence-corrected chi connectivity index (χ3v) is 4.73. The first-order valence-corrected chi connectivity index (χ1v) is 7.79. The number of nitrogens with one attached hydrogen (secondary N) is 1. The summed E-state index contributed by atoms with van der Waals surface area (Å²) in [7, 11) is -3.33. The molecular formula is C12H22N2O2S. The van der Waals surface area contributed by atoms with Crippen LogP contribution in [0.4, 0.5) is 0 Å². The molecule has 98 valence electrons. The van der Waals surface area contributed by atoms with Crippen molar-refractivity contribution in [1.82, 2.24) is 4.72 Å². The molecule has 17 heavy (non-hydrogen) atoms. The van der Waals surface area contributed by atoms with E-state index < -0.39 is 16.1 Å². The molecule has 0 saturated heterocycles. The minimum atomic E-state index is -3.33. The Bertz CT molecular complexity index is 384. The average Bonchev–Trinajstić information content (AvgIpc) is 2.64. The van der Waals surface area contributed by atoms with Crippen molar-refractivity contribution in [3.8, 4) is 6.07 Å². The number of rotatable bonds is 4. The van der Waals surface area contributed by atoms with Crippen LogP contribution in [-0.2, 0) is 10.0 Å². The Balaban J connectivity index is 2.62. The van der Waals surface area contributed by atoms with Gasteiger partial charge in [-0.25, -0.2) is 8.42 Å². The van der Waals surface area contributed by atoms with E-state index in [1.54, 1.807) is 0 Å². The van der Waals surface area contributed by atoms with Crippen molar-refractivity contribution >= 4 is 10.0 Å². The maximum atomic E-state index is 11.9. The summed E-state index contributed by atoms with van der Waals surface area (Å²) < 4.78 is 26.4. The molecule has 0 aromatic heterocycles. The van der Waals surface area contributed by atoms with Gasteiger partial charge in [0.2, 0.25) is 10.0 Å². The largest absolute Gasteiger partial charge is 0.213 e. The molecule has 0 amide bonds. The summed E-state index contributed by atoms with van der Waals surface area (Å²) in [5.41, 5.74) is -0.377. The molecule has 0 heterocycles. The fourth-order valence-corrected chi connectivity index (χ4v) is 3.93. The Kier molecular flexibility index (Phi) is 4.56. The fourth-order valence-electron chi connectivity index (χ4n) is 2.11. The van der Waals surface area contributed by atoms with Gasteiger partial charge in [-0.15, -0.1) is 0 Å². The van der Waals surface area contributed by atoms with Crippen LogP contribution in [0.3, 0.4) is 0 Å². The molecule has 0 aromatic rings. The average molecular weight is 258 g/mol. The predicted molar refractivity (Wildman–Crippen MR) is 67.7 cm³/mol. The van der Waals surface area contributed by atoms with Gasteiger partial charge in [-0.05, 0) is 24.2 Å². The number of hydrogen-bond acceptors (Lipinski definition) is 3. The Morgan fingerprint density at radius 1 is 1.35 bits per heavy atom. The smallest absolute Gasteiger partial charge is 0.212 e. The number of hydrogen-bond donors (Lipinski definition) is 1. The first-order chi connectivity index (χ1) is 7.74. The molecule has 1 aliphatic carbocycles. The Hall–Kier alpha value is -0.600. The molecular weight excluding hydrogens is 236 g/mol. The van der Waals surface area contributed by atoms with E-state index in [2.05, 4.69) is 4.72 Å². The lowest BCUT2D eigenvalue weighted by Gasteiger charge is -2.25. The molecule has 5 heteroatoms. The second kappa shape index (κ2) is 5.36. The topological polar surface area (TPSA) is 70.0 Å². The van der Waals surface area contributed by atoms with Crippen LogP contribution >= 0.6 is 0 Å². The zero-order chi connectivity index (χ0) is 13.1. The van der Waals surface area contributed by atoms with Gasteiger partial charge in [0.15, 0.2) is 0 Å². The van der Waals surface area contributed by atoms with Gasteiger partial charge in [0, 0.05) is 0 Å². The molecule has 1 atom stereocenters. The zero-order valence-corrected chi connectivity index (χ0v) is 11.7. The number of sulfonamides is 1. The van der Waals surface area contributed by atoms with E-state index >= 15 is 0 Å². The molecule has 4 nitrogen and oxygen atoms in total. The van der Waals surface area contributed by atoms with Crippen LogP contribution in [0.1, 0.15) is 46.5 Å². The number of nitrogens with zero attached hydrogens (tertiary/aromatic N) is 1. The highest BCUT2D eigenvalue weighted by Gasteiger charge is 2.30. The SMILES string of the molecule is CC(C)(C)C(C#N)NS(=O)(=O)CC1CCCC1. The van der Waals surface area contributed by atoms with Crippen LogP contribution < -0.4 is 4.72 Å². The summed E-state index contributed by atoms with van der Waals surface area (Å²) in [5, 5.41) is 9.01. The van der Waals surface area contributed by atoms with Crippen LogP contribution in [0, 0.1) is 22.7 Å². The lowest BCUT2D eigenvalue weighted by molar-refractivity contribution is 0.349. The molecule has 1 saturated carbocycles. The second-order valence-electron chi connectivity index (χ2n) is 5.98. The van der Waals surface area contributed by atoms with E-state index in [9.17, 15) is 8.42 Å². The fraction of sp³-hybridized carbons (Fsp3) is 0.917. The van der Waals surface area contributed by atoms with Gasteiger partial charge in [-0.3, -0.25) is 0 Å². The van der Waals surface area contributed by atoms with E-state index in [1.165, 1.54) is 0 Å². The van der Waals surface area contributed by atoms with Crippen molar-refractivity contribution in [1.29, 1.82) is 5.26 Å². The van der Waals surface area contributed by atoms with Crippen LogP contribution in [0.25, 0.3) is 0 Å². The third-order valence-electron chi connectivity index (χ3n) is 3.22. The van der Waals surface area contributed by atoms with E-state index in [1.807, 2.05) is 26.8 Å². The van der Waals surface area contributed by atoms with Gasteiger partial charge in [-0.2, -0.15) is 9.98 Å². The normalized spacial score (nSPS) is 20.1. The van der Waals surface area contributed by atoms with Crippen LogP contribution in [-0.4, -0.2) is 20.2 Å². The Labute approximate surface area is 104 Å². The van der Waals surface area contributed by atoms with Crippen molar-refractivity contribution in [3.05, 3.63) is 0 Å². The molecule has 1 rings (SSSR count). The van der Waals surface area contributed by atoms with Crippen molar-refractivity contribution in [2.24, 2.45) is 11.3 Å². The molecule has 0 aliphatic heterocycles. The van der Waals surface area contributed by atoms with Crippen molar-refractivity contribution in [3.63, 3.8) is 0 Å². The first kappa shape index (κ1) is 14.5. The molecule has 1 aliphatic rings. The molecule has 1 unspecified atom stereocenters. The summed E-state index contributed by atoms with van der Waals surface area (Å²) in [5.74, 6) is 0.438. The molecule has 0 radical (unpaired) electrons. The molecule has 0 spiro atoms. The second-order valence-corrected chi connectivity index (χ2v) is 7.78. The highest BCUT2D eigenvalue weighted by atomic mass is 32.2. The Morgan fingerprint density at radius 3 is 2.29 bits per heavy atom. The lowest BCUT2D eigenvalue weighted by Crippen LogP contribution is -2.44. The number of nitriles is 1. The van der Waals surface area contributed by atoms with Crippen molar-refractivity contribution < 1.29 is 8.42 Å². The molecule has 1 fully saturated rings. The van der Waals surface area contributed by atoms with Gasteiger partial charge in [0.25, 0.3) is 0 Å². The standard InChI is InChI=1S/C12H22N2O2S/c1-12(2,3)11(8-13)14-17(15,16)9-10-6-4-5-7-10/h10-11,14H,4-7,9H2,1-3H3. The van der Waals surface area contributed by atoms with Gasteiger partial charge in [0.1, 0.15) is 6.04 Å². The lowest BCUT2D eigenvalue weighted by atomic mass is 9.88. The highest BCUT2D eigenvalue weighted by molar-refractivity contribution is 7.89. The molecule has 0 bridgehead atoms. The zero-order valence-electron chi connectivity index (χ0n) is 10.9. The van der Waals surface area contributed by atoms with E-state index in [4.69, 9.17) is 5.26 Å². The van der Waals surface area contributed by atoms with Gasteiger partial charge in [0.05, 0.1) is 11.8 Å². The summed E-state index contributed by atoms with van der Waals surface area (Å²) >= 11 is 0. The maximum absolute atomic E-state index is 11.9. The first-order valence-electron chi connectivity index (χ1n) is 6.14. The molecule has 1 N–H and O–H groups in total. The van der Waals surface area contributed by atoms with Gasteiger partial charge in [-0.1, -0.05) is 33.6 Å². The summed E-state index contributed by atoms with van der Waals surface area (Å²) in [6.07, 6.45) is 4.24. The summed E-state index contributed by atoms with van der Waals surface area (Å²) in [6.45, 7) is 5.58. The van der Waals surface area contributed by atoms with Crippen molar-refractivity contribution in [2.75, 3.05) is 5.75 Å². The third kappa shape index (κ3) is 4.64.